The summed E-state index contributed by atoms with van der Waals surface area (Å²) in [6.07, 6.45) is 0.316. The molecule has 0 saturated carbocycles. The SMILES string of the molecule is O=C1NC(c2cscn2)C(=O)NC1Cc1cc2ccccc2o1. The van der Waals surface area contributed by atoms with Gasteiger partial charge in [0.1, 0.15) is 17.4 Å². The molecule has 1 fully saturated rings. The lowest BCUT2D eigenvalue weighted by atomic mass is 10.0. The fourth-order valence-electron chi connectivity index (χ4n) is 2.68. The molecule has 1 saturated heterocycles. The Kier molecular flexibility index (Phi) is 3.34. The zero-order valence-corrected chi connectivity index (χ0v) is 12.8. The molecule has 2 atom stereocenters. The minimum Gasteiger partial charge on any atom is -0.461 e. The maximum Gasteiger partial charge on any atom is 0.249 e. The number of hydrogen-bond donors (Lipinski definition) is 2. The van der Waals surface area contributed by atoms with Gasteiger partial charge in [-0.2, -0.15) is 0 Å². The van der Waals surface area contributed by atoms with Gasteiger partial charge in [-0.05, 0) is 12.1 Å². The fraction of sp³-hybridized carbons (Fsp3) is 0.188. The van der Waals surface area contributed by atoms with Gasteiger partial charge in [0.2, 0.25) is 11.8 Å². The van der Waals surface area contributed by atoms with E-state index in [4.69, 9.17) is 4.42 Å². The Bertz CT molecular complexity index is 839. The van der Waals surface area contributed by atoms with Crippen LogP contribution >= 0.6 is 11.3 Å². The molecule has 2 unspecified atom stereocenters. The van der Waals surface area contributed by atoms with E-state index >= 15 is 0 Å². The topological polar surface area (TPSA) is 84.2 Å². The molecule has 0 spiro atoms. The van der Waals surface area contributed by atoms with Crippen molar-refractivity contribution in [2.45, 2.75) is 18.5 Å². The van der Waals surface area contributed by atoms with Crippen LogP contribution in [-0.4, -0.2) is 22.8 Å². The van der Waals surface area contributed by atoms with Gasteiger partial charge in [0.25, 0.3) is 0 Å². The highest BCUT2D eigenvalue weighted by atomic mass is 32.1. The van der Waals surface area contributed by atoms with E-state index < -0.39 is 12.1 Å². The molecule has 1 aliphatic heterocycles. The standard InChI is InChI=1S/C16H13N3O3S/c20-15-11(6-10-5-9-3-1-2-4-13(9)22-10)18-16(21)14(19-15)12-7-23-8-17-12/h1-5,7-8,11,14H,6H2,(H,18,21)(H,19,20). The number of para-hydroxylation sites is 1. The summed E-state index contributed by atoms with van der Waals surface area (Å²) < 4.78 is 5.71. The number of carbonyl (C=O) groups is 2. The molecule has 1 aliphatic rings. The van der Waals surface area contributed by atoms with Crippen LogP contribution in [0.4, 0.5) is 0 Å². The van der Waals surface area contributed by atoms with Gasteiger partial charge in [-0.1, -0.05) is 18.2 Å². The first-order valence-electron chi connectivity index (χ1n) is 7.17. The second kappa shape index (κ2) is 5.51. The summed E-state index contributed by atoms with van der Waals surface area (Å²) in [6, 6.07) is 8.16. The van der Waals surface area contributed by atoms with Gasteiger partial charge in [-0.25, -0.2) is 4.98 Å². The van der Waals surface area contributed by atoms with Crippen LogP contribution in [0.1, 0.15) is 17.5 Å². The first-order chi connectivity index (χ1) is 11.2. The summed E-state index contributed by atoms with van der Waals surface area (Å²) in [5.41, 5.74) is 2.96. The molecule has 6 nitrogen and oxygen atoms in total. The number of furan rings is 1. The van der Waals surface area contributed by atoms with Crippen molar-refractivity contribution >= 4 is 34.1 Å². The zero-order chi connectivity index (χ0) is 15.8. The minimum atomic E-state index is -0.722. The van der Waals surface area contributed by atoms with Gasteiger partial charge in [-0.3, -0.25) is 9.59 Å². The molecule has 0 radical (unpaired) electrons. The Hall–Kier alpha value is -2.67. The summed E-state index contributed by atoms with van der Waals surface area (Å²) in [7, 11) is 0. The van der Waals surface area contributed by atoms with Crippen molar-refractivity contribution in [3.8, 4) is 0 Å². The number of rotatable bonds is 3. The summed E-state index contributed by atoms with van der Waals surface area (Å²) in [6.45, 7) is 0. The van der Waals surface area contributed by atoms with Gasteiger partial charge in [0.15, 0.2) is 6.04 Å². The van der Waals surface area contributed by atoms with Crippen molar-refractivity contribution in [1.29, 1.82) is 0 Å². The first-order valence-corrected chi connectivity index (χ1v) is 8.11. The summed E-state index contributed by atoms with van der Waals surface area (Å²) in [4.78, 5) is 28.6. The van der Waals surface area contributed by atoms with Crippen LogP contribution in [0.25, 0.3) is 11.0 Å². The Balaban J connectivity index is 1.52. The Morgan fingerprint density at radius 1 is 1.17 bits per heavy atom. The number of nitrogens with zero attached hydrogens (tertiary/aromatic N) is 1. The van der Waals surface area contributed by atoms with E-state index in [2.05, 4.69) is 15.6 Å². The third-order valence-electron chi connectivity index (χ3n) is 3.81. The van der Waals surface area contributed by atoms with E-state index in [0.717, 1.165) is 11.0 Å². The van der Waals surface area contributed by atoms with E-state index in [1.165, 1.54) is 11.3 Å². The molecule has 3 heterocycles. The lowest BCUT2D eigenvalue weighted by Gasteiger charge is -2.28. The van der Waals surface area contributed by atoms with Crippen LogP contribution < -0.4 is 10.6 Å². The predicted octanol–water partition coefficient (Wildman–Crippen LogP) is 1.79. The van der Waals surface area contributed by atoms with Crippen molar-refractivity contribution in [3.63, 3.8) is 0 Å². The molecule has 4 rings (SSSR count). The molecule has 2 aromatic heterocycles. The van der Waals surface area contributed by atoms with Crippen molar-refractivity contribution in [1.82, 2.24) is 15.6 Å². The van der Waals surface area contributed by atoms with Gasteiger partial charge >= 0.3 is 0 Å². The van der Waals surface area contributed by atoms with Crippen molar-refractivity contribution in [2.75, 3.05) is 0 Å². The Morgan fingerprint density at radius 2 is 2.04 bits per heavy atom. The van der Waals surface area contributed by atoms with E-state index in [1.807, 2.05) is 30.3 Å². The zero-order valence-electron chi connectivity index (χ0n) is 12.0. The van der Waals surface area contributed by atoms with E-state index in [-0.39, 0.29) is 11.8 Å². The number of hydrogen-bond acceptors (Lipinski definition) is 5. The maximum absolute atomic E-state index is 12.3. The molecule has 2 N–H and O–H groups in total. The number of benzene rings is 1. The highest BCUT2D eigenvalue weighted by Gasteiger charge is 2.36. The second-order valence-electron chi connectivity index (χ2n) is 5.37. The smallest absolute Gasteiger partial charge is 0.249 e. The quantitative estimate of drug-likeness (QED) is 0.768. The van der Waals surface area contributed by atoms with Crippen LogP contribution in [0.2, 0.25) is 0 Å². The fourth-order valence-corrected chi connectivity index (χ4v) is 3.26. The maximum atomic E-state index is 12.3. The molecule has 7 heteroatoms. The number of nitrogens with one attached hydrogen (secondary N) is 2. The monoisotopic (exact) mass is 327 g/mol. The number of piperazine rings is 1. The molecule has 3 aromatic rings. The third-order valence-corrected chi connectivity index (χ3v) is 4.42. The van der Waals surface area contributed by atoms with Crippen LogP contribution in [0.5, 0.6) is 0 Å². The van der Waals surface area contributed by atoms with Crippen LogP contribution in [-0.2, 0) is 16.0 Å². The lowest BCUT2D eigenvalue weighted by molar-refractivity contribution is -0.137. The van der Waals surface area contributed by atoms with Crippen molar-refractivity contribution < 1.29 is 14.0 Å². The van der Waals surface area contributed by atoms with Gasteiger partial charge in [0.05, 0.1) is 11.2 Å². The predicted molar refractivity (Wildman–Crippen MR) is 84.8 cm³/mol. The lowest BCUT2D eigenvalue weighted by Crippen LogP contribution is -2.58. The average molecular weight is 327 g/mol. The van der Waals surface area contributed by atoms with Crippen molar-refractivity contribution in [3.05, 3.63) is 52.7 Å². The molecule has 2 amide bonds. The van der Waals surface area contributed by atoms with E-state index in [9.17, 15) is 9.59 Å². The Labute approximate surface area is 135 Å². The molecular formula is C16H13N3O3S. The third kappa shape index (κ3) is 2.59. The normalized spacial score (nSPS) is 21.2. The highest BCUT2D eigenvalue weighted by molar-refractivity contribution is 7.07. The first kappa shape index (κ1) is 14.0. The number of aromatic nitrogens is 1. The molecule has 0 aliphatic carbocycles. The number of fused-ring (bicyclic) bond motifs is 1. The summed E-state index contributed by atoms with van der Waals surface area (Å²) in [5.74, 6) is 0.179. The van der Waals surface area contributed by atoms with Crippen LogP contribution in [0.15, 0.2) is 45.6 Å². The molecule has 0 bridgehead atoms. The molecule has 116 valence electrons. The van der Waals surface area contributed by atoms with E-state index in [1.54, 1.807) is 10.9 Å². The van der Waals surface area contributed by atoms with E-state index in [0.29, 0.717) is 17.9 Å². The van der Waals surface area contributed by atoms with Crippen LogP contribution in [0, 0.1) is 0 Å². The Morgan fingerprint density at radius 3 is 2.83 bits per heavy atom. The van der Waals surface area contributed by atoms with Crippen LogP contribution in [0.3, 0.4) is 0 Å². The van der Waals surface area contributed by atoms with Crippen molar-refractivity contribution in [2.24, 2.45) is 0 Å². The highest BCUT2D eigenvalue weighted by Crippen LogP contribution is 2.22. The second-order valence-corrected chi connectivity index (χ2v) is 6.09. The van der Waals surface area contributed by atoms with Gasteiger partial charge < -0.3 is 15.1 Å². The van der Waals surface area contributed by atoms with Gasteiger partial charge in [-0.15, -0.1) is 11.3 Å². The summed E-state index contributed by atoms with van der Waals surface area (Å²) in [5, 5.41) is 8.21. The largest absolute Gasteiger partial charge is 0.461 e. The number of carbonyl (C=O) groups excluding carboxylic acids is 2. The minimum absolute atomic E-state index is 0.233. The molecule has 23 heavy (non-hydrogen) atoms. The summed E-state index contributed by atoms with van der Waals surface area (Å²) >= 11 is 1.38. The molecule has 1 aromatic carbocycles. The number of thiazole rings is 1. The molecular weight excluding hydrogens is 314 g/mol. The number of amides is 2. The van der Waals surface area contributed by atoms with Gasteiger partial charge in [0, 0.05) is 17.2 Å². The average Bonchev–Trinajstić information content (AvgIpc) is 3.19.